The third kappa shape index (κ3) is 3.26. The van der Waals surface area contributed by atoms with Gasteiger partial charge in [0, 0.05) is 28.5 Å². The normalized spacial score (nSPS) is 10.8. The van der Waals surface area contributed by atoms with Crippen LogP contribution in [0.15, 0.2) is 27.1 Å². The summed E-state index contributed by atoms with van der Waals surface area (Å²) in [5.74, 6) is -0.926. The number of furan rings is 1. The fourth-order valence-corrected chi connectivity index (χ4v) is 2.54. The monoisotopic (exact) mass is 353 g/mol. The molecule has 0 atom stereocenters. The molecule has 0 saturated heterocycles. The second-order valence-corrected chi connectivity index (χ2v) is 5.64. The molecule has 1 amide bonds. The first kappa shape index (κ1) is 15.6. The van der Waals surface area contributed by atoms with Gasteiger partial charge >= 0.3 is 5.97 Å². The third-order valence-electron chi connectivity index (χ3n) is 3.36. The first-order valence-corrected chi connectivity index (χ1v) is 7.43. The van der Waals surface area contributed by atoms with Crippen molar-refractivity contribution in [2.75, 3.05) is 13.1 Å². The van der Waals surface area contributed by atoms with Gasteiger partial charge in [-0.3, -0.25) is 9.59 Å². The molecule has 0 aliphatic heterocycles. The van der Waals surface area contributed by atoms with Gasteiger partial charge in [0.25, 0.3) is 5.91 Å². The van der Waals surface area contributed by atoms with Crippen molar-refractivity contribution in [3.63, 3.8) is 0 Å². The number of carboxylic acids is 1. The van der Waals surface area contributed by atoms with E-state index in [1.165, 1.54) is 4.90 Å². The maximum absolute atomic E-state index is 12.5. The molecule has 0 aliphatic rings. The van der Waals surface area contributed by atoms with Crippen molar-refractivity contribution in [3.05, 3.63) is 34.0 Å². The number of amides is 1. The van der Waals surface area contributed by atoms with Crippen LogP contribution in [-0.2, 0) is 4.79 Å². The minimum absolute atomic E-state index is 0.0790. The van der Waals surface area contributed by atoms with E-state index >= 15 is 0 Å². The van der Waals surface area contributed by atoms with Gasteiger partial charge < -0.3 is 14.4 Å². The van der Waals surface area contributed by atoms with E-state index in [-0.39, 0.29) is 24.6 Å². The Kier molecular flexibility index (Phi) is 4.67. The van der Waals surface area contributed by atoms with Crippen molar-refractivity contribution in [2.24, 2.45) is 0 Å². The van der Waals surface area contributed by atoms with Crippen LogP contribution in [0.25, 0.3) is 11.0 Å². The number of rotatable bonds is 5. The lowest BCUT2D eigenvalue weighted by atomic mass is 10.1. The molecular formula is C15H16BrNO4. The Morgan fingerprint density at radius 2 is 2.10 bits per heavy atom. The predicted octanol–water partition coefficient (Wildman–Crippen LogP) is 3.44. The van der Waals surface area contributed by atoms with Crippen LogP contribution < -0.4 is 0 Å². The smallest absolute Gasteiger partial charge is 0.305 e. The molecule has 0 aliphatic carbocycles. The standard InChI is InChI=1S/C15H16BrNO4/c1-3-17(7-6-13(18)19)15(20)14-9(2)11-8-10(16)4-5-12(11)21-14/h4-5,8H,3,6-7H2,1-2H3,(H,18,19). The average molecular weight is 354 g/mol. The number of nitrogens with zero attached hydrogens (tertiary/aromatic N) is 1. The summed E-state index contributed by atoms with van der Waals surface area (Å²) < 4.78 is 6.56. The zero-order valence-corrected chi connectivity index (χ0v) is 13.4. The van der Waals surface area contributed by atoms with Crippen molar-refractivity contribution < 1.29 is 19.1 Å². The molecule has 1 aromatic carbocycles. The topological polar surface area (TPSA) is 70.8 Å². The summed E-state index contributed by atoms with van der Waals surface area (Å²) in [6, 6.07) is 5.55. The van der Waals surface area contributed by atoms with Crippen LogP contribution in [0.4, 0.5) is 0 Å². The molecule has 0 unspecified atom stereocenters. The summed E-state index contributed by atoms with van der Waals surface area (Å²) in [6.45, 7) is 4.25. The highest BCUT2D eigenvalue weighted by atomic mass is 79.9. The highest BCUT2D eigenvalue weighted by Gasteiger charge is 2.22. The quantitative estimate of drug-likeness (QED) is 0.893. The number of aliphatic carboxylic acids is 1. The van der Waals surface area contributed by atoms with E-state index in [0.29, 0.717) is 12.1 Å². The molecule has 0 radical (unpaired) electrons. The lowest BCUT2D eigenvalue weighted by molar-refractivity contribution is -0.137. The van der Waals surface area contributed by atoms with Crippen molar-refractivity contribution in [1.29, 1.82) is 0 Å². The minimum atomic E-state index is -0.925. The number of aryl methyl sites for hydroxylation is 1. The van der Waals surface area contributed by atoms with Crippen LogP contribution in [0.5, 0.6) is 0 Å². The van der Waals surface area contributed by atoms with Gasteiger partial charge in [-0.2, -0.15) is 0 Å². The van der Waals surface area contributed by atoms with Crippen molar-refractivity contribution in [2.45, 2.75) is 20.3 Å². The third-order valence-corrected chi connectivity index (χ3v) is 3.85. The van der Waals surface area contributed by atoms with E-state index in [0.717, 1.165) is 15.4 Å². The molecule has 1 heterocycles. The number of hydrogen-bond acceptors (Lipinski definition) is 3. The lowest BCUT2D eigenvalue weighted by Crippen LogP contribution is -2.32. The number of benzene rings is 1. The van der Waals surface area contributed by atoms with Gasteiger partial charge in [-0.1, -0.05) is 15.9 Å². The molecule has 6 heteroatoms. The van der Waals surface area contributed by atoms with E-state index < -0.39 is 5.97 Å². The van der Waals surface area contributed by atoms with Gasteiger partial charge in [-0.15, -0.1) is 0 Å². The molecule has 0 bridgehead atoms. The second-order valence-electron chi connectivity index (χ2n) is 4.73. The molecule has 1 aromatic heterocycles. The van der Waals surface area contributed by atoms with Crippen LogP contribution in [0.3, 0.4) is 0 Å². The summed E-state index contributed by atoms with van der Waals surface area (Å²) in [4.78, 5) is 24.6. The summed E-state index contributed by atoms with van der Waals surface area (Å²) >= 11 is 3.39. The van der Waals surface area contributed by atoms with Crippen LogP contribution >= 0.6 is 15.9 Å². The Hall–Kier alpha value is -1.82. The van der Waals surface area contributed by atoms with E-state index in [9.17, 15) is 9.59 Å². The first-order valence-electron chi connectivity index (χ1n) is 6.63. The Bertz CT molecular complexity index is 692. The Balaban J connectivity index is 2.33. The maximum Gasteiger partial charge on any atom is 0.305 e. The predicted molar refractivity (Wildman–Crippen MR) is 82.5 cm³/mol. The van der Waals surface area contributed by atoms with Gasteiger partial charge in [-0.05, 0) is 32.0 Å². The van der Waals surface area contributed by atoms with Crippen LogP contribution in [0, 0.1) is 6.92 Å². The first-order chi connectivity index (χ1) is 9.93. The number of carbonyl (C=O) groups excluding carboxylic acids is 1. The van der Waals surface area contributed by atoms with E-state index in [1.807, 2.05) is 26.0 Å². The van der Waals surface area contributed by atoms with Crippen LogP contribution in [-0.4, -0.2) is 35.0 Å². The summed E-state index contributed by atoms with van der Waals surface area (Å²) in [6.07, 6.45) is -0.0790. The molecule has 112 valence electrons. The fourth-order valence-electron chi connectivity index (χ4n) is 2.17. The molecule has 2 rings (SSSR count). The van der Waals surface area contributed by atoms with Gasteiger partial charge in [-0.25, -0.2) is 0 Å². The Morgan fingerprint density at radius 1 is 1.38 bits per heavy atom. The number of carbonyl (C=O) groups is 2. The lowest BCUT2D eigenvalue weighted by Gasteiger charge is -2.18. The fraction of sp³-hybridized carbons (Fsp3) is 0.333. The zero-order valence-electron chi connectivity index (χ0n) is 11.9. The summed E-state index contributed by atoms with van der Waals surface area (Å²) in [5.41, 5.74) is 1.42. The highest BCUT2D eigenvalue weighted by molar-refractivity contribution is 9.10. The molecule has 0 spiro atoms. The van der Waals surface area contributed by atoms with E-state index in [2.05, 4.69) is 15.9 Å². The zero-order chi connectivity index (χ0) is 15.6. The Labute approximate surface area is 130 Å². The molecular weight excluding hydrogens is 338 g/mol. The van der Waals surface area contributed by atoms with Crippen molar-refractivity contribution in [1.82, 2.24) is 4.90 Å². The Morgan fingerprint density at radius 3 is 2.71 bits per heavy atom. The average Bonchev–Trinajstić information content (AvgIpc) is 2.76. The largest absolute Gasteiger partial charge is 0.481 e. The number of hydrogen-bond donors (Lipinski definition) is 1. The van der Waals surface area contributed by atoms with Crippen molar-refractivity contribution in [3.8, 4) is 0 Å². The molecule has 0 saturated carbocycles. The van der Waals surface area contributed by atoms with Crippen LogP contribution in [0.2, 0.25) is 0 Å². The van der Waals surface area contributed by atoms with Gasteiger partial charge in [0.1, 0.15) is 5.58 Å². The number of fused-ring (bicyclic) bond motifs is 1. The molecule has 2 aromatic rings. The maximum atomic E-state index is 12.5. The van der Waals surface area contributed by atoms with E-state index in [1.54, 1.807) is 6.07 Å². The highest BCUT2D eigenvalue weighted by Crippen LogP contribution is 2.28. The summed E-state index contributed by atoms with van der Waals surface area (Å²) in [7, 11) is 0. The SMILES string of the molecule is CCN(CCC(=O)O)C(=O)c1oc2ccc(Br)cc2c1C. The van der Waals surface area contributed by atoms with Gasteiger partial charge in [0.2, 0.25) is 0 Å². The van der Waals surface area contributed by atoms with Crippen LogP contribution in [0.1, 0.15) is 29.5 Å². The molecule has 5 nitrogen and oxygen atoms in total. The van der Waals surface area contributed by atoms with Gasteiger partial charge in [0.15, 0.2) is 5.76 Å². The number of halogens is 1. The number of carboxylic acid groups (broad SMARTS) is 1. The van der Waals surface area contributed by atoms with Gasteiger partial charge in [0.05, 0.1) is 6.42 Å². The summed E-state index contributed by atoms with van der Waals surface area (Å²) in [5, 5.41) is 9.62. The van der Waals surface area contributed by atoms with E-state index in [4.69, 9.17) is 9.52 Å². The van der Waals surface area contributed by atoms with Crippen molar-refractivity contribution >= 4 is 38.8 Å². The molecule has 0 fully saturated rings. The molecule has 1 N–H and O–H groups in total. The molecule has 21 heavy (non-hydrogen) atoms. The second kappa shape index (κ2) is 6.30. The minimum Gasteiger partial charge on any atom is -0.481 e.